The van der Waals surface area contributed by atoms with E-state index in [1.807, 2.05) is 18.9 Å². The molecule has 0 aromatic rings. The molecule has 2 heterocycles. The molecule has 1 amide bonds. The van der Waals surface area contributed by atoms with Crippen LogP contribution in [-0.4, -0.2) is 55.5 Å². The molecule has 3 N–H and O–H groups in total. The van der Waals surface area contributed by atoms with E-state index >= 15 is 0 Å². The summed E-state index contributed by atoms with van der Waals surface area (Å²) in [7, 11) is 0. The minimum Gasteiger partial charge on any atom is -0.379 e. The van der Waals surface area contributed by atoms with Gasteiger partial charge in [0.2, 0.25) is 0 Å². The Bertz CT molecular complexity index is 381. The molecule has 1 aliphatic carbocycles. The summed E-state index contributed by atoms with van der Waals surface area (Å²) in [4.78, 5) is 12.6. The van der Waals surface area contributed by atoms with Gasteiger partial charge in [0.05, 0.1) is 19.3 Å². The standard InChI is InChI=1S/C13H23N3O3/c1-12(2)10-9(3-6-19-10)13(12,14)11(17)15-16-4-7-18-8-5-16/h9-10H,3-8,14H2,1-2H3,(H,15,17). The first-order chi connectivity index (χ1) is 8.98. The van der Waals surface area contributed by atoms with Gasteiger partial charge in [-0.15, -0.1) is 0 Å². The highest BCUT2D eigenvalue weighted by molar-refractivity contribution is 5.89. The number of hydrogen-bond donors (Lipinski definition) is 2. The predicted octanol–water partition coefficient (Wildman–Crippen LogP) is -0.508. The Morgan fingerprint density at radius 3 is 2.68 bits per heavy atom. The van der Waals surface area contributed by atoms with Crippen LogP contribution in [-0.2, 0) is 14.3 Å². The smallest absolute Gasteiger partial charge is 0.255 e. The molecular weight excluding hydrogens is 246 g/mol. The van der Waals surface area contributed by atoms with Gasteiger partial charge in [-0.25, -0.2) is 5.01 Å². The van der Waals surface area contributed by atoms with Gasteiger partial charge in [-0.2, -0.15) is 0 Å². The minimum absolute atomic E-state index is 0.0776. The van der Waals surface area contributed by atoms with Crippen molar-refractivity contribution in [2.24, 2.45) is 17.1 Å². The van der Waals surface area contributed by atoms with E-state index in [4.69, 9.17) is 15.2 Å². The van der Waals surface area contributed by atoms with E-state index in [1.54, 1.807) is 0 Å². The maximum atomic E-state index is 12.6. The van der Waals surface area contributed by atoms with Crippen molar-refractivity contribution in [1.29, 1.82) is 0 Å². The Morgan fingerprint density at radius 1 is 1.32 bits per heavy atom. The molecular formula is C13H23N3O3. The number of nitrogens with two attached hydrogens (primary N) is 1. The van der Waals surface area contributed by atoms with Crippen LogP contribution in [0, 0.1) is 11.3 Å². The second-order valence-electron chi connectivity index (χ2n) is 6.32. The van der Waals surface area contributed by atoms with Crippen molar-refractivity contribution in [2.75, 3.05) is 32.9 Å². The lowest BCUT2D eigenvalue weighted by molar-refractivity contribution is -0.180. The lowest BCUT2D eigenvalue weighted by Crippen LogP contribution is -2.81. The molecule has 3 atom stereocenters. The Balaban J connectivity index is 1.71. The van der Waals surface area contributed by atoms with Gasteiger partial charge in [-0.3, -0.25) is 10.2 Å². The average molecular weight is 269 g/mol. The zero-order valence-electron chi connectivity index (χ0n) is 11.6. The molecule has 2 saturated heterocycles. The molecule has 0 aromatic heterocycles. The molecule has 6 nitrogen and oxygen atoms in total. The van der Waals surface area contributed by atoms with Gasteiger partial charge in [0.15, 0.2) is 0 Å². The van der Waals surface area contributed by atoms with Crippen LogP contribution >= 0.6 is 0 Å². The summed E-state index contributed by atoms with van der Waals surface area (Å²) in [5.41, 5.74) is 8.30. The van der Waals surface area contributed by atoms with E-state index in [0.717, 1.165) is 6.42 Å². The summed E-state index contributed by atoms with van der Waals surface area (Å²) in [5, 5.41) is 1.90. The molecule has 19 heavy (non-hydrogen) atoms. The Morgan fingerprint density at radius 2 is 2.00 bits per heavy atom. The number of carbonyl (C=O) groups is 1. The van der Waals surface area contributed by atoms with Crippen molar-refractivity contribution in [3.8, 4) is 0 Å². The van der Waals surface area contributed by atoms with Crippen molar-refractivity contribution in [1.82, 2.24) is 10.4 Å². The van der Waals surface area contributed by atoms with Gasteiger partial charge < -0.3 is 15.2 Å². The Hall–Kier alpha value is -0.690. The summed E-state index contributed by atoms with van der Waals surface area (Å²) in [6.45, 7) is 7.49. The van der Waals surface area contributed by atoms with Crippen LogP contribution in [0.25, 0.3) is 0 Å². The number of hydrogen-bond acceptors (Lipinski definition) is 5. The third-order valence-electron chi connectivity index (χ3n) is 5.10. The molecule has 0 spiro atoms. The molecule has 2 aliphatic heterocycles. The van der Waals surface area contributed by atoms with E-state index < -0.39 is 5.54 Å². The largest absolute Gasteiger partial charge is 0.379 e. The summed E-state index contributed by atoms with van der Waals surface area (Å²) in [6.07, 6.45) is 0.995. The maximum Gasteiger partial charge on any atom is 0.255 e. The molecule has 0 bridgehead atoms. The molecule has 0 aromatic carbocycles. The van der Waals surface area contributed by atoms with Crippen molar-refractivity contribution in [2.45, 2.75) is 31.9 Å². The number of fused-ring (bicyclic) bond motifs is 1. The van der Waals surface area contributed by atoms with Crippen molar-refractivity contribution < 1.29 is 14.3 Å². The van der Waals surface area contributed by atoms with Crippen LogP contribution in [0.4, 0.5) is 0 Å². The van der Waals surface area contributed by atoms with E-state index in [1.165, 1.54) is 0 Å². The predicted molar refractivity (Wildman–Crippen MR) is 69.1 cm³/mol. The SMILES string of the molecule is CC1(C)C2OCCC2C1(N)C(=O)NN1CCOCC1. The number of ether oxygens (including phenoxy) is 2. The van der Waals surface area contributed by atoms with Crippen LogP contribution in [0.1, 0.15) is 20.3 Å². The Labute approximate surface area is 113 Å². The highest BCUT2D eigenvalue weighted by Crippen LogP contribution is 2.58. The highest BCUT2D eigenvalue weighted by atomic mass is 16.5. The average Bonchev–Trinajstić information content (AvgIpc) is 2.87. The molecule has 1 saturated carbocycles. The quantitative estimate of drug-likeness (QED) is 0.706. The zero-order chi connectivity index (χ0) is 13.7. The topological polar surface area (TPSA) is 76.8 Å². The molecule has 108 valence electrons. The lowest BCUT2D eigenvalue weighted by Gasteiger charge is -2.60. The van der Waals surface area contributed by atoms with Gasteiger partial charge in [0.25, 0.3) is 5.91 Å². The monoisotopic (exact) mass is 269 g/mol. The van der Waals surface area contributed by atoms with E-state index in [0.29, 0.717) is 32.9 Å². The van der Waals surface area contributed by atoms with Gasteiger partial charge >= 0.3 is 0 Å². The normalized spacial score (nSPS) is 41.4. The van der Waals surface area contributed by atoms with Crippen molar-refractivity contribution in [3.05, 3.63) is 0 Å². The molecule has 3 rings (SSSR count). The summed E-state index contributed by atoms with van der Waals surface area (Å²) < 4.78 is 11.0. The first-order valence-electron chi connectivity index (χ1n) is 7.02. The first-order valence-corrected chi connectivity index (χ1v) is 7.02. The van der Waals surface area contributed by atoms with Gasteiger partial charge in [-0.05, 0) is 6.42 Å². The van der Waals surface area contributed by atoms with Crippen LogP contribution in [0.3, 0.4) is 0 Å². The van der Waals surface area contributed by atoms with Gasteiger partial charge in [-0.1, -0.05) is 13.8 Å². The number of amides is 1. The third-order valence-corrected chi connectivity index (χ3v) is 5.10. The number of nitrogens with zero attached hydrogens (tertiary/aromatic N) is 1. The van der Waals surface area contributed by atoms with Crippen LogP contribution < -0.4 is 11.2 Å². The van der Waals surface area contributed by atoms with Crippen molar-refractivity contribution in [3.63, 3.8) is 0 Å². The van der Waals surface area contributed by atoms with E-state index in [9.17, 15) is 4.79 Å². The van der Waals surface area contributed by atoms with Crippen LogP contribution in [0.5, 0.6) is 0 Å². The van der Waals surface area contributed by atoms with Crippen LogP contribution in [0.15, 0.2) is 0 Å². The summed E-state index contributed by atoms with van der Waals surface area (Å²) in [6, 6.07) is 0. The lowest BCUT2D eigenvalue weighted by atomic mass is 9.48. The number of carbonyl (C=O) groups excluding carboxylic acids is 1. The van der Waals surface area contributed by atoms with Crippen molar-refractivity contribution >= 4 is 5.91 Å². The molecule has 3 aliphatic rings. The minimum atomic E-state index is -0.827. The summed E-state index contributed by atoms with van der Waals surface area (Å²) >= 11 is 0. The maximum absolute atomic E-state index is 12.6. The zero-order valence-corrected chi connectivity index (χ0v) is 11.6. The molecule has 0 radical (unpaired) electrons. The fourth-order valence-electron chi connectivity index (χ4n) is 3.76. The fraction of sp³-hybridized carbons (Fsp3) is 0.923. The first kappa shape index (κ1) is 13.3. The highest BCUT2D eigenvalue weighted by Gasteiger charge is 2.71. The number of hydrazine groups is 1. The van der Waals surface area contributed by atoms with E-state index in [-0.39, 0.29) is 23.3 Å². The van der Waals surface area contributed by atoms with Crippen LogP contribution in [0.2, 0.25) is 0 Å². The molecule has 3 fully saturated rings. The number of rotatable bonds is 2. The Kier molecular flexibility index (Phi) is 3.09. The number of nitrogens with one attached hydrogen (secondary N) is 1. The molecule has 3 unspecified atom stereocenters. The molecule has 6 heteroatoms. The van der Waals surface area contributed by atoms with E-state index in [2.05, 4.69) is 5.43 Å². The number of morpholine rings is 1. The van der Waals surface area contributed by atoms with Gasteiger partial charge in [0, 0.05) is 31.0 Å². The second-order valence-corrected chi connectivity index (χ2v) is 6.32. The third kappa shape index (κ3) is 1.74. The summed E-state index contributed by atoms with van der Waals surface area (Å²) in [5.74, 6) is 0.0645. The fourth-order valence-corrected chi connectivity index (χ4v) is 3.76. The second kappa shape index (κ2) is 4.41. The van der Waals surface area contributed by atoms with Gasteiger partial charge in [0.1, 0.15) is 5.54 Å².